The summed E-state index contributed by atoms with van der Waals surface area (Å²) in [5.74, 6) is 0.742. The predicted molar refractivity (Wildman–Crippen MR) is 61.5 cm³/mol. The van der Waals surface area contributed by atoms with Crippen molar-refractivity contribution in [3.63, 3.8) is 0 Å². The number of aromatic nitrogens is 3. The fourth-order valence-electron chi connectivity index (χ4n) is 1.61. The molecule has 4 heteroatoms. The van der Waals surface area contributed by atoms with Crippen molar-refractivity contribution in [3.8, 4) is 5.82 Å². The molecule has 0 amide bonds. The first kappa shape index (κ1) is 10.8. The summed E-state index contributed by atoms with van der Waals surface area (Å²) in [4.78, 5) is 4.30. The average Bonchev–Trinajstić information content (AvgIpc) is 2.56. The molecule has 16 heavy (non-hydrogen) atoms. The molecule has 2 heterocycles. The molecule has 0 aliphatic heterocycles. The van der Waals surface area contributed by atoms with Gasteiger partial charge in [-0.2, -0.15) is 5.10 Å². The number of rotatable bonds is 2. The van der Waals surface area contributed by atoms with Crippen LogP contribution in [-0.2, 0) is 6.61 Å². The molecule has 0 spiro atoms. The van der Waals surface area contributed by atoms with E-state index in [1.165, 1.54) is 0 Å². The third-order valence-corrected chi connectivity index (χ3v) is 2.74. The molecule has 0 unspecified atom stereocenters. The Morgan fingerprint density at radius 1 is 1.25 bits per heavy atom. The van der Waals surface area contributed by atoms with Crippen LogP contribution in [-0.4, -0.2) is 19.9 Å². The highest BCUT2D eigenvalue weighted by Gasteiger charge is 2.12. The molecule has 0 aromatic carbocycles. The molecule has 0 aliphatic rings. The monoisotopic (exact) mass is 217 g/mol. The van der Waals surface area contributed by atoms with Gasteiger partial charge in [-0.3, -0.25) is 0 Å². The van der Waals surface area contributed by atoms with E-state index in [2.05, 4.69) is 10.1 Å². The molecule has 2 aromatic heterocycles. The minimum Gasteiger partial charge on any atom is -0.390 e. The van der Waals surface area contributed by atoms with Crippen molar-refractivity contribution in [1.82, 2.24) is 14.8 Å². The van der Waals surface area contributed by atoms with Crippen molar-refractivity contribution in [2.45, 2.75) is 27.4 Å². The lowest BCUT2D eigenvalue weighted by molar-refractivity contribution is 0.272. The van der Waals surface area contributed by atoms with Crippen molar-refractivity contribution in [3.05, 3.63) is 40.8 Å². The first-order valence-electron chi connectivity index (χ1n) is 5.22. The zero-order valence-corrected chi connectivity index (χ0v) is 9.73. The molecule has 0 aliphatic carbocycles. The summed E-state index contributed by atoms with van der Waals surface area (Å²) in [6, 6.07) is 3.89. The summed E-state index contributed by atoms with van der Waals surface area (Å²) in [5.41, 5.74) is 3.85. The number of aliphatic hydroxyl groups is 1. The van der Waals surface area contributed by atoms with Gasteiger partial charge in [-0.1, -0.05) is 6.07 Å². The number of aryl methyl sites for hydroxylation is 2. The lowest BCUT2D eigenvalue weighted by atomic mass is 10.2. The van der Waals surface area contributed by atoms with Crippen molar-refractivity contribution in [2.75, 3.05) is 0 Å². The molecule has 84 valence electrons. The van der Waals surface area contributed by atoms with Gasteiger partial charge < -0.3 is 5.11 Å². The van der Waals surface area contributed by atoms with E-state index in [0.717, 1.165) is 28.3 Å². The first-order valence-corrected chi connectivity index (χ1v) is 5.22. The molecule has 2 rings (SSSR count). The number of pyridine rings is 1. The summed E-state index contributed by atoms with van der Waals surface area (Å²) in [5, 5.41) is 13.7. The highest BCUT2D eigenvalue weighted by atomic mass is 16.3. The Hall–Kier alpha value is -1.68. The third kappa shape index (κ3) is 1.72. The van der Waals surface area contributed by atoms with E-state index in [1.807, 2.05) is 32.9 Å². The van der Waals surface area contributed by atoms with Crippen molar-refractivity contribution in [1.29, 1.82) is 0 Å². The van der Waals surface area contributed by atoms with Gasteiger partial charge in [0, 0.05) is 6.20 Å². The van der Waals surface area contributed by atoms with Crippen LogP contribution in [0.4, 0.5) is 0 Å². The normalized spacial score (nSPS) is 10.8. The van der Waals surface area contributed by atoms with Gasteiger partial charge in [-0.25, -0.2) is 9.67 Å². The molecule has 0 saturated carbocycles. The second-order valence-electron chi connectivity index (χ2n) is 3.92. The second kappa shape index (κ2) is 4.06. The van der Waals surface area contributed by atoms with E-state index in [9.17, 15) is 5.11 Å². The van der Waals surface area contributed by atoms with Crippen LogP contribution in [0.1, 0.15) is 22.5 Å². The quantitative estimate of drug-likeness (QED) is 0.832. The van der Waals surface area contributed by atoms with Crippen molar-refractivity contribution < 1.29 is 5.11 Å². The minimum absolute atomic E-state index is 0.0256. The molecule has 0 radical (unpaired) electrons. The van der Waals surface area contributed by atoms with Gasteiger partial charge in [0.25, 0.3) is 0 Å². The minimum atomic E-state index is -0.0256. The lowest BCUT2D eigenvalue weighted by Crippen LogP contribution is -2.04. The van der Waals surface area contributed by atoms with Crippen LogP contribution in [0.3, 0.4) is 0 Å². The van der Waals surface area contributed by atoms with Gasteiger partial charge >= 0.3 is 0 Å². The predicted octanol–water partition coefficient (Wildman–Crippen LogP) is 1.68. The van der Waals surface area contributed by atoms with E-state index >= 15 is 0 Å². The maximum atomic E-state index is 9.34. The summed E-state index contributed by atoms with van der Waals surface area (Å²) in [6.45, 7) is 5.85. The number of hydrogen-bond donors (Lipinski definition) is 1. The van der Waals surface area contributed by atoms with Gasteiger partial charge in [0.1, 0.15) is 0 Å². The summed E-state index contributed by atoms with van der Waals surface area (Å²) >= 11 is 0. The Morgan fingerprint density at radius 2 is 2.00 bits per heavy atom. The van der Waals surface area contributed by atoms with E-state index in [1.54, 1.807) is 10.9 Å². The SMILES string of the molecule is Cc1ccc(-n2nc(C)c(C)c2CO)nc1. The van der Waals surface area contributed by atoms with Crippen LogP contribution in [0.5, 0.6) is 0 Å². The maximum absolute atomic E-state index is 9.34. The van der Waals surface area contributed by atoms with E-state index < -0.39 is 0 Å². The molecule has 0 bridgehead atoms. The third-order valence-electron chi connectivity index (χ3n) is 2.74. The van der Waals surface area contributed by atoms with Crippen LogP contribution >= 0.6 is 0 Å². The van der Waals surface area contributed by atoms with Gasteiger partial charge in [-0.15, -0.1) is 0 Å². The maximum Gasteiger partial charge on any atom is 0.153 e. The van der Waals surface area contributed by atoms with Crippen LogP contribution in [0.15, 0.2) is 18.3 Å². The Morgan fingerprint density at radius 3 is 2.56 bits per heavy atom. The Balaban J connectivity index is 2.55. The van der Waals surface area contributed by atoms with Gasteiger partial charge in [0.15, 0.2) is 5.82 Å². The summed E-state index contributed by atoms with van der Waals surface area (Å²) in [7, 11) is 0. The summed E-state index contributed by atoms with van der Waals surface area (Å²) < 4.78 is 1.70. The van der Waals surface area contributed by atoms with E-state index in [-0.39, 0.29) is 6.61 Å². The van der Waals surface area contributed by atoms with E-state index in [0.29, 0.717) is 0 Å². The topological polar surface area (TPSA) is 50.9 Å². The smallest absolute Gasteiger partial charge is 0.153 e. The molecule has 0 atom stereocenters. The Kier molecular flexibility index (Phi) is 2.75. The largest absolute Gasteiger partial charge is 0.390 e. The van der Waals surface area contributed by atoms with Crippen molar-refractivity contribution in [2.24, 2.45) is 0 Å². The number of nitrogens with zero attached hydrogens (tertiary/aromatic N) is 3. The highest BCUT2D eigenvalue weighted by Crippen LogP contribution is 2.16. The highest BCUT2D eigenvalue weighted by molar-refractivity contribution is 5.32. The fraction of sp³-hybridized carbons (Fsp3) is 0.333. The van der Waals surface area contributed by atoms with Crippen LogP contribution < -0.4 is 0 Å². The fourth-order valence-corrected chi connectivity index (χ4v) is 1.61. The molecular formula is C12H15N3O. The van der Waals surface area contributed by atoms with Crippen LogP contribution in [0.25, 0.3) is 5.82 Å². The summed E-state index contributed by atoms with van der Waals surface area (Å²) in [6.07, 6.45) is 1.79. The zero-order valence-electron chi connectivity index (χ0n) is 9.73. The van der Waals surface area contributed by atoms with Crippen LogP contribution in [0.2, 0.25) is 0 Å². The second-order valence-corrected chi connectivity index (χ2v) is 3.92. The van der Waals surface area contributed by atoms with Gasteiger partial charge in [0.2, 0.25) is 0 Å². The molecular weight excluding hydrogens is 202 g/mol. The molecule has 0 saturated heterocycles. The number of aliphatic hydroxyl groups excluding tert-OH is 1. The average molecular weight is 217 g/mol. The zero-order chi connectivity index (χ0) is 11.7. The standard InChI is InChI=1S/C12H15N3O/c1-8-4-5-12(13-6-8)15-11(7-16)9(2)10(3)14-15/h4-6,16H,7H2,1-3H3. The molecule has 0 fully saturated rings. The Bertz CT molecular complexity index is 500. The Labute approximate surface area is 94.6 Å². The van der Waals surface area contributed by atoms with Gasteiger partial charge in [0.05, 0.1) is 18.0 Å². The van der Waals surface area contributed by atoms with Crippen molar-refractivity contribution >= 4 is 0 Å². The van der Waals surface area contributed by atoms with Crippen LogP contribution in [0, 0.1) is 20.8 Å². The first-order chi connectivity index (χ1) is 7.63. The molecule has 1 N–H and O–H groups in total. The van der Waals surface area contributed by atoms with Gasteiger partial charge in [-0.05, 0) is 38.0 Å². The molecule has 2 aromatic rings. The number of hydrogen-bond acceptors (Lipinski definition) is 3. The van der Waals surface area contributed by atoms with E-state index in [4.69, 9.17) is 0 Å². The molecule has 4 nitrogen and oxygen atoms in total. The lowest BCUT2D eigenvalue weighted by Gasteiger charge is -2.05.